The molecule has 1 fully saturated rings. The van der Waals surface area contributed by atoms with Crippen LogP contribution in [0.2, 0.25) is 0 Å². The molecule has 2 heterocycles. The fourth-order valence-corrected chi connectivity index (χ4v) is 4.50. The Kier molecular flexibility index (Phi) is 9.74. The van der Waals surface area contributed by atoms with Crippen LogP contribution in [0.3, 0.4) is 0 Å². The standard InChI is InChI=1S/C24H34N4O3S/c1-3-11-19(21(29)23-26-27-24(31-23)32-2)25-22(30)20-15-8-10-17-28(20)16-9-7-14-18-12-5-4-6-13-18/h4-6,12-13,19-20H,3,7-11,14-17H2,1-2H3,(H,25,30)/t19-,20-/m0/s1. The molecule has 32 heavy (non-hydrogen) atoms. The number of thioether (sulfide) groups is 1. The van der Waals surface area contributed by atoms with Gasteiger partial charge in [-0.05, 0) is 63.4 Å². The smallest absolute Gasteiger partial charge is 0.286 e. The molecule has 1 aromatic carbocycles. The molecule has 174 valence electrons. The quantitative estimate of drug-likeness (QED) is 0.290. The van der Waals surface area contributed by atoms with E-state index in [4.69, 9.17) is 4.42 Å². The van der Waals surface area contributed by atoms with Gasteiger partial charge < -0.3 is 9.73 Å². The molecule has 1 amide bonds. The second kappa shape index (κ2) is 12.7. The van der Waals surface area contributed by atoms with Gasteiger partial charge >= 0.3 is 0 Å². The topological polar surface area (TPSA) is 88.3 Å². The molecule has 0 radical (unpaired) electrons. The highest BCUT2D eigenvalue weighted by molar-refractivity contribution is 7.98. The molecule has 0 bridgehead atoms. The maximum atomic E-state index is 13.2. The van der Waals surface area contributed by atoms with E-state index in [9.17, 15) is 9.59 Å². The van der Waals surface area contributed by atoms with Crippen LogP contribution in [0, 0.1) is 0 Å². The Morgan fingerprint density at radius 2 is 2.03 bits per heavy atom. The third-order valence-electron chi connectivity index (χ3n) is 5.92. The van der Waals surface area contributed by atoms with Crippen LogP contribution in [0.25, 0.3) is 0 Å². The maximum absolute atomic E-state index is 13.2. The molecule has 8 heteroatoms. The van der Waals surface area contributed by atoms with Gasteiger partial charge in [-0.2, -0.15) is 0 Å². The van der Waals surface area contributed by atoms with E-state index in [1.807, 2.05) is 19.2 Å². The van der Waals surface area contributed by atoms with Crippen molar-refractivity contribution in [3.63, 3.8) is 0 Å². The van der Waals surface area contributed by atoms with Gasteiger partial charge in [0.15, 0.2) is 0 Å². The average molecular weight is 459 g/mol. The van der Waals surface area contributed by atoms with E-state index >= 15 is 0 Å². The summed E-state index contributed by atoms with van der Waals surface area (Å²) >= 11 is 1.29. The molecule has 0 unspecified atom stereocenters. The third kappa shape index (κ3) is 6.90. The number of unbranched alkanes of at least 4 members (excludes halogenated alkanes) is 1. The summed E-state index contributed by atoms with van der Waals surface area (Å²) in [7, 11) is 0. The van der Waals surface area contributed by atoms with Crippen molar-refractivity contribution in [2.45, 2.75) is 75.6 Å². The van der Waals surface area contributed by atoms with Crippen molar-refractivity contribution in [2.24, 2.45) is 0 Å². The Morgan fingerprint density at radius 3 is 2.75 bits per heavy atom. The summed E-state index contributed by atoms with van der Waals surface area (Å²) in [6.45, 7) is 3.82. The maximum Gasteiger partial charge on any atom is 0.286 e. The predicted octanol–water partition coefficient (Wildman–Crippen LogP) is 4.14. The minimum Gasteiger partial charge on any atom is -0.408 e. The summed E-state index contributed by atoms with van der Waals surface area (Å²) in [5.74, 6) is -0.406. The molecule has 0 spiro atoms. The third-order valence-corrected chi connectivity index (χ3v) is 6.44. The lowest BCUT2D eigenvalue weighted by Gasteiger charge is -2.35. The second-order valence-corrected chi connectivity index (χ2v) is 9.04. The molecule has 1 aliphatic rings. The number of aromatic nitrogens is 2. The lowest BCUT2D eigenvalue weighted by atomic mass is 9.99. The number of rotatable bonds is 12. The highest BCUT2D eigenvalue weighted by atomic mass is 32.2. The van der Waals surface area contributed by atoms with Crippen LogP contribution in [0.15, 0.2) is 40.0 Å². The van der Waals surface area contributed by atoms with Gasteiger partial charge in [0.1, 0.15) is 0 Å². The number of nitrogens with zero attached hydrogens (tertiary/aromatic N) is 3. The molecule has 1 saturated heterocycles. The molecule has 1 aliphatic heterocycles. The Labute approximate surface area is 194 Å². The number of ketones is 1. The van der Waals surface area contributed by atoms with Crippen LogP contribution in [-0.2, 0) is 11.2 Å². The molecule has 0 aliphatic carbocycles. The zero-order valence-corrected chi connectivity index (χ0v) is 19.9. The van der Waals surface area contributed by atoms with Crippen molar-refractivity contribution in [1.29, 1.82) is 0 Å². The van der Waals surface area contributed by atoms with Crippen LogP contribution in [0.1, 0.15) is 68.1 Å². The molecule has 0 saturated carbocycles. The summed E-state index contributed by atoms with van der Waals surface area (Å²) in [5.41, 5.74) is 1.35. The number of benzene rings is 1. The Balaban J connectivity index is 1.55. The number of carbonyl (C=O) groups excluding carboxylic acids is 2. The zero-order chi connectivity index (χ0) is 22.8. The SMILES string of the molecule is CCC[C@H](NC(=O)[C@@H]1CCCCN1CCCCc1ccccc1)C(=O)c1nnc(SC)o1. The molecular weight excluding hydrogens is 424 g/mol. The Bertz CT molecular complexity index is 858. The van der Waals surface area contributed by atoms with Gasteiger partial charge in [-0.1, -0.05) is 61.9 Å². The van der Waals surface area contributed by atoms with E-state index in [1.54, 1.807) is 0 Å². The number of piperidine rings is 1. The van der Waals surface area contributed by atoms with E-state index in [0.717, 1.165) is 58.0 Å². The summed E-state index contributed by atoms with van der Waals surface area (Å²) in [5, 5.41) is 11.0. The first-order chi connectivity index (χ1) is 15.6. The summed E-state index contributed by atoms with van der Waals surface area (Å²) in [6.07, 6.45) is 9.31. The largest absolute Gasteiger partial charge is 0.408 e. The van der Waals surface area contributed by atoms with Crippen LogP contribution < -0.4 is 5.32 Å². The molecule has 1 aromatic heterocycles. The minimum atomic E-state index is -0.635. The van der Waals surface area contributed by atoms with Crippen LogP contribution in [-0.4, -0.2) is 58.2 Å². The predicted molar refractivity (Wildman–Crippen MR) is 126 cm³/mol. The minimum absolute atomic E-state index is 0.0329. The summed E-state index contributed by atoms with van der Waals surface area (Å²) in [6, 6.07) is 9.69. The monoisotopic (exact) mass is 458 g/mol. The van der Waals surface area contributed by atoms with Crippen molar-refractivity contribution >= 4 is 23.5 Å². The normalized spacial score (nSPS) is 17.8. The molecule has 3 rings (SSSR count). The van der Waals surface area contributed by atoms with E-state index in [2.05, 4.69) is 44.7 Å². The van der Waals surface area contributed by atoms with Gasteiger partial charge in [0.2, 0.25) is 11.7 Å². The van der Waals surface area contributed by atoms with Gasteiger partial charge in [-0.3, -0.25) is 14.5 Å². The van der Waals surface area contributed by atoms with Crippen LogP contribution in [0.4, 0.5) is 0 Å². The molecule has 2 aromatic rings. The summed E-state index contributed by atoms with van der Waals surface area (Å²) in [4.78, 5) is 28.3. The van der Waals surface area contributed by atoms with E-state index < -0.39 is 6.04 Å². The number of carbonyl (C=O) groups is 2. The number of aryl methyl sites for hydroxylation is 1. The number of hydrogen-bond donors (Lipinski definition) is 1. The number of Topliss-reactive ketones (excluding diaryl/α,β-unsaturated/α-hetero) is 1. The number of amides is 1. The first kappa shape index (κ1) is 24.5. The van der Waals surface area contributed by atoms with Gasteiger partial charge in [-0.25, -0.2) is 0 Å². The first-order valence-electron chi connectivity index (χ1n) is 11.6. The number of likely N-dealkylation sites (tertiary alicyclic amines) is 1. The fourth-order valence-electron chi connectivity index (χ4n) is 4.21. The van der Waals surface area contributed by atoms with Gasteiger partial charge in [0.05, 0.1) is 12.1 Å². The van der Waals surface area contributed by atoms with Gasteiger partial charge in [0.25, 0.3) is 11.1 Å². The van der Waals surface area contributed by atoms with Crippen molar-refractivity contribution in [3.8, 4) is 0 Å². The van der Waals surface area contributed by atoms with Crippen LogP contribution >= 0.6 is 11.8 Å². The zero-order valence-electron chi connectivity index (χ0n) is 19.1. The lowest BCUT2D eigenvalue weighted by Crippen LogP contribution is -2.53. The van der Waals surface area contributed by atoms with Gasteiger partial charge in [0, 0.05) is 0 Å². The molecule has 7 nitrogen and oxygen atoms in total. The van der Waals surface area contributed by atoms with Crippen molar-refractivity contribution in [2.75, 3.05) is 19.3 Å². The first-order valence-corrected chi connectivity index (χ1v) is 12.8. The van der Waals surface area contributed by atoms with Crippen LogP contribution in [0.5, 0.6) is 0 Å². The Hall–Kier alpha value is -2.19. The van der Waals surface area contributed by atoms with Crippen molar-refractivity contribution in [1.82, 2.24) is 20.4 Å². The average Bonchev–Trinajstić information content (AvgIpc) is 3.31. The number of nitrogens with one attached hydrogen (secondary N) is 1. The highest BCUT2D eigenvalue weighted by Gasteiger charge is 2.32. The lowest BCUT2D eigenvalue weighted by molar-refractivity contribution is -0.128. The second-order valence-electron chi connectivity index (χ2n) is 8.28. The highest BCUT2D eigenvalue weighted by Crippen LogP contribution is 2.20. The fraction of sp³-hybridized carbons (Fsp3) is 0.583. The molecular formula is C24H34N4O3S. The number of hydrogen-bond acceptors (Lipinski definition) is 7. The molecule has 1 N–H and O–H groups in total. The van der Waals surface area contributed by atoms with E-state index in [0.29, 0.717) is 11.6 Å². The van der Waals surface area contributed by atoms with E-state index in [1.165, 1.54) is 17.3 Å². The van der Waals surface area contributed by atoms with Crippen molar-refractivity contribution < 1.29 is 14.0 Å². The molecule has 2 atom stereocenters. The van der Waals surface area contributed by atoms with Gasteiger partial charge in [-0.15, -0.1) is 10.2 Å². The van der Waals surface area contributed by atoms with E-state index in [-0.39, 0.29) is 23.6 Å². The van der Waals surface area contributed by atoms with Crippen molar-refractivity contribution in [3.05, 3.63) is 41.8 Å². The summed E-state index contributed by atoms with van der Waals surface area (Å²) < 4.78 is 5.40. The Morgan fingerprint density at radius 1 is 1.22 bits per heavy atom.